The van der Waals surface area contributed by atoms with Crippen LogP contribution >= 0.6 is 0 Å². The van der Waals surface area contributed by atoms with Crippen molar-refractivity contribution in [2.45, 2.75) is 0 Å². The number of aromatic nitrogens is 2. The van der Waals surface area contributed by atoms with Gasteiger partial charge < -0.3 is 0 Å². The largest absolute Gasteiger partial charge is 0.227 e. The van der Waals surface area contributed by atoms with E-state index in [1.807, 2.05) is 78.9 Å². The number of hydrogen-bond acceptors (Lipinski definition) is 2. The fourth-order valence-electron chi connectivity index (χ4n) is 4.82. The molecule has 1 aromatic heterocycles. The van der Waals surface area contributed by atoms with Gasteiger partial charge in [-0.05, 0) is 39.4 Å². The first kappa shape index (κ1) is 16.0. The molecule has 0 unspecified atom stereocenters. The third-order valence-corrected chi connectivity index (χ3v) is 6.53. The summed E-state index contributed by atoms with van der Waals surface area (Å²) in [5, 5.41) is 4.49. The minimum atomic E-state index is -0.415. The molecule has 1 heterocycles. The highest BCUT2D eigenvalue weighted by Gasteiger charge is 2.17. The smallest absolute Gasteiger partial charge is 0.160 e. The number of fused-ring (bicyclic) bond motifs is 4. The Labute approximate surface area is 216 Å². The van der Waals surface area contributed by atoms with Crippen molar-refractivity contribution in [2.24, 2.45) is 0 Å². The Morgan fingerprint density at radius 2 is 1.22 bits per heavy atom. The lowest BCUT2D eigenvalue weighted by molar-refractivity contribution is 1.23. The first-order valence-electron chi connectivity index (χ1n) is 14.3. The molecule has 0 atom stereocenters. The summed E-state index contributed by atoms with van der Waals surface area (Å²) in [5.74, 6) is 0.585. The van der Waals surface area contributed by atoms with Crippen molar-refractivity contribution in [2.75, 3.05) is 0 Å². The number of nitrogens with zero attached hydrogens (tertiary/aromatic N) is 2. The summed E-state index contributed by atoms with van der Waals surface area (Å²) in [6, 6.07) is 32.1. The zero-order chi connectivity index (χ0) is 28.2. The SMILES string of the molecule is [2H]c1c([2H])c([2H])c(-c2cc3c(-c4ccc5ccccc5c4)nc(-c4ccccc4)nc3c3ccccc23)c([2H])c1[2H]. The highest BCUT2D eigenvalue weighted by Crippen LogP contribution is 2.39. The monoisotopic (exact) mass is 463 g/mol. The van der Waals surface area contributed by atoms with Crippen LogP contribution in [0, 0.1) is 0 Å². The van der Waals surface area contributed by atoms with Gasteiger partial charge in [-0.2, -0.15) is 0 Å². The highest BCUT2D eigenvalue weighted by atomic mass is 14.9. The van der Waals surface area contributed by atoms with Crippen LogP contribution in [-0.4, -0.2) is 9.97 Å². The second kappa shape index (κ2) is 8.44. The van der Waals surface area contributed by atoms with Crippen LogP contribution in [0.3, 0.4) is 0 Å². The van der Waals surface area contributed by atoms with Crippen molar-refractivity contribution in [3.05, 3.63) is 133 Å². The Bertz CT molecular complexity index is 2130. The lowest BCUT2D eigenvalue weighted by atomic mass is 9.93. The molecule has 0 radical (unpaired) electrons. The summed E-state index contributed by atoms with van der Waals surface area (Å²) >= 11 is 0. The second-order valence-corrected chi connectivity index (χ2v) is 8.69. The molecule has 7 aromatic rings. The van der Waals surface area contributed by atoms with Crippen molar-refractivity contribution < 1.29 is 6.85 Å². The molecule has 7 rings (SSSR count). The Hall–Kier alpha value is -4.82. The van der Waals surface area contributed by atoms with E-state index in [1.54, 1.807) is 0 Å². The molecule has 0 saturated heterocycles. The van der Waals surface area contributed by atoms with Crippen molar-refractivity contribution in [3.8, 4) is 33.8 Å². The molecule has 0 aliphatic carbocycles. The van der Waals surface area contributed by atoms with Crippen LogP contribution in [0.2, 0.25) is 0 Å². The summed E-state index contributed by atoms with van der Waals surface area (Å²) in [6.07, 6.45) is 0. The van der Waals surface area contributed by atoms with Crippen molar-refractivity contribution >= 4 is 32.4 Å². The van der Waals surface area contributed by atoms with Crippen molar-refractivity contribution in [1.82, 2.24) is 9.97 Å². The zero-order valence-electron chi connectivity index (χ0n) is 24.2. The topological polar surface area (TPSA) is 25.8 Å². The van der Waals surface area contributed by atoms with Crippen molar-refractivity contribution in [1.29, 1.82) is 0 Å². The zero-order valence-corrected chi connectivity index (χ0v) is 19.2. The molecule has 168 valence electrons. The highest BCUT2D eigenvalue weighted by molar-refractivity contribution is 6.15. The Morgan fingerprint density at radius 1 is 0.500 bits per heavy atom. The Morgan fingerprint density at radius 3 is 2.06 bits per heavy atom. The van der Waals surface area contributed by atoms with Gasteiger partial charge in [0.2, 0.25) is 0 Å². The van der Waals surface area contributed by atoms with Crippen LogP contribution in [0.25, 0.3) is 66.2 Å². The second-order valence-electron chi connectivity index (χ2n) is 8.69. The van der Waals surface area contributed by atoms with E-state index in [0.29, 0.717) is 17.1 Å². The number of rotatable bonds is 3. The van der Waals surface area contributed by atoms with Gasteiger partial charge in [-0.1, -0.05) is 121 Å². The first-order chi connectivity index (χ1) is 19.9. The molecule has 36 heavy (non-hydrogen) atoms. The predicted octanol–water partition coefficient (Wildman–Crippen LogP) is 8.94. The molecule has 0 amide bonds. The fraction of sp³-hybridized carbons (Fsp3) is 0. The first-order valence-corrected chi connectivity index (χ1v) is 11.8. The molecule has 0 aliphatic heterocycles. The molecule has 2 heteroatoms. The molecule has 0 N–H and O–H groups in total. The van der Waals surface area contributed by atoms with Crippen LogP contribution in [0.4, 0.5) is 0 Å². The molecule has 0 bridgehead atoms. The minimum Gasteiger partial charge on any atom is -0.227 e. The van der Waals surface area contributed by atoms with Crippen LogP contribution in [0.15, 0.2) is 133 Å². The van der Waals surface area contributed by atoms with E-state index >= 15 is 0 Å². The van der Waals surface area contributed by atoms with Gasteiger partial charge >= 0.3 is 0 Å². The van der Waals surface area contributed by atoms with E-state index in [2.05, 4.69) is 24.3 Å². The molecular formula is C34H22N2. The summed E-state index contributed by atoms with van der Waals surface area (Å²) < 4.78 is 42.1. The number of hydrogen-bond donors (Lipinski definition) is 0. The van der Waals surface area contributed by atoms with Crippen molar-refractivity contribution in [3.63, 3.8) is 0 Å². The lowest BCUT2D eigenvalue weighted by Crippen LogP contribution is -1.97. The molecule has 6 aromatic carbocycles. The Kier molecular flexibility index (Phi) is 3.74. The van der Waals surface area contributed by atoms with E-state index in [9.17, 15) is 0 Å². The van der Waals surface area contributed by atoms with Gasteiger partial charge in [-0.15, -0.1) is 0 Å². The van der Waals surface area contributed by atoms with Crippen LogP contribution < -0.4 is 0 Å². The Balaban J connectivity index is 1.64. The average molecular weight is 464 g/mol. The van der Waals surface area contributed by atoms with Crippen LogP contribution in [-0.2, 0) is 0 Å². The molecule has 0 aliphatic rings. The standard InChI is InChI=1S/C34H22N2/c1-3-12-24(13-4-1)30-22-31-32(27-20-19-23-11-7-8-16-26(23)21-27)35-34(25-14-5-2-6-15-25)36-33(31)29-18-10-9-17-28(29)30/h1-22H/i1D,3D,4D,12D,13D. The molecule has 0 saturated carbocycles. The van der Waals surface area contributed by atoms with E-state index < -0.39 is 6.04 Å². The van der Waals surface area contributed by atoms with Gasteiger partial charge in [0.05, 0.1) is 18.1 Å². The van der Waals surface area contributed by atoms with Gasteiger partial charge in [0.1, 0.15) is 0 Å². The average Bonchev–Trinajstić information content (AvgIpc) is 3.02. The number of benzene rings is 6. The van der Waals surface area contributed by atoms with E-state index in [4.69, 9.17) is 16.8 Å². The fourth-order valence-corrected chi connectivity index (χ4v) is 4.82. The van der Waals surface area contributed by atoms with Gasteiger partial charge in [-0.3, -0.25) is 0 Å². The van der Waals surface area contributed by atoms with Gasteiger partial charge in [0, 0.05) is 21.9 Å². The van der Waals surface area contributed by atoms with E-state index in [-0.39, 0.29) is 29.7 Å². The van der Waals surface area contributed by atoms with E-state index in [1.165, 1.54) is 0 Å². The van der Waals surface area contributed by atoms with Crippen LogP contribution in [0.1, 0.15) is 6.85 Å². The molecule has 0 fully saturated rings. The molecule has 0 spiro atoms. The molecule has 2 nitrogen and oxygen atoms in total. The summed E-state index contributed by atoms with van der Waals surface area (Å²) in [4.78, 5) is 10.1. The summed E-state index contributed by atoms with van der Waals surface area (Å²) in [5.41, 5.74) is 3.92. The third kappa shape index (κ3) is 3.43. The molecular weight excluding hydrogens is 436 g/mol. The van der Waals surface area contributed by atoms with E-state index in [0.717, 1.165) is 43.6 Å². The summed E-state index contributed by atoms with van der Waals surface area (Å²) in [6.45, 7) is 0. The normalized spacial score (nSPS) is 13.3. The minimum absolute atomic E-state index is 0.158. The van der Waals surface area contributed by atoms with Gasteiger partial charge in [-0.25, -0.2) is 9.97 Å². The van der Waals surface area contributed by atoms with Gasteiger partial charge in [0.25, 0.3) is 0 Å². The predicted molar refractivity (Wildman–Crippen MR) is 151 cm³/mol. The third-order valence-electron chi connectivity index (χ3n) is 6.53. The van der Waals surface area contributed by atoms with Crippen LogP contribution in [0.5, 0.6) is 0 Å². The maximum atomic E-state index is 8.71. The summed E-state index contributed by atoms with van der Waals surface area (Å²) in [7, 11) is 0. The quantitative estimate of drug-likeness (QED) is 0.244. The maximum absolute atomic E-state index is 8.71. The lowest BCUT2D eigenvalue weighted by Gasteiger charge is -2.15. The maximum Gasteiger partial charge on any atom is 0.160 e. The van der Waals surface area contributed by atoms with Gasteiger partial charge in [0.15, 0.2) is 5.82 Å².